The number of anilines is 1. The van der Waals surface area contributed by atoms with E-state index < -0.39 is 5.97 Å². The number of rotatable bonds is 3. The second-order valence-corrected chi connectivity index (χ2v) is 6.22. The first kappa shape index (κ1) is 14.9. The number of morpholine rings is 1. The van der Waals surface area contributed by atoms with Crippen LogP contribution in [0.5, 0.6) is 0 Å². The van der Waals surface area contributed by atoms with Gasteiger partial charge in [0.2, 0.25) is 0 Å². The molecular weight excluding hydrogens is 280 g/mol. The third-order valence-electron chi connectivity index (χ3n) is 3.19. The summed E-state index contributed by atoms with van der Waals surface area (Å²) in [6.45, 7) is 7.37. The van der Waals surface area contributed by atoms with Crippen LogP contribution in [0.2, 0.25) is 0 Å². The van der Waals surface area contributed by atoms with Gasteiger partial charge in [-0.25, -0.2) is 9.78 Å². The number of carbonyl (C=O) groups is 2. The Balaban J connectivity index is 2.42. The fourth-order valence-corrected chi connectivity index (χ4v) is 3.25. The lowest BCUT2D eigenvalue weighted by Crippen LogP contribution is -2.53. The summed E-state index contributed by atoms with van der Waals surface area (Å²) in [7, 11) is 1.28. The minimum Gasteiger partial charge on any atom is -0.464 e. The molecule has 20 heavy (non-hydrogen) atoms. The normalized spacial score (nSPS) is 17.9. The molecule has 7 heteroatoms. The number of ketones is 1. The van der Waals surface area contributed by atoms with Gasteiger partial charge in [0, 0.05) is 13.5 Å². The maximum Gasteiger partial charge on any atom is 0.358 e. The largest absolute Gasteiger partial charge is 0.464 e. The lowest BCUT2D eigenvalue weighted by atomic mass is 10.0. The van der Waals surface area contributed by atoms with Crippen molar-refractivity contribution in [2.45, 2.75) is 26.3 Å². The first-order valence-corrected chi connectivity index (χ1v) is 7.14. The van der Waals surface area contributed by atoms with Gasteiger partial charge in [0.05, 0.1) is 25.9 Å². The van der Waals surface area contributed by atoms with Crippen LogP contribution >= 0.6 is 11.3 Å². The topological polar surface area (TPSA) is 68.7 Å². The van der Waals surface area contributed by atoms with E-state index in [9.17, 15) is 9.59 Å². The summed E-state index contributed by atoms with van der Waals surface area (Å²) in [5.74, 6) is -0.760. The Hall–Kier alpha value is -1.47. The van der Waals surface area contributed by atoms with Crippen molar-refractivity contribution in [3.8, 4) is 0 Å². The molecule has 0 aromatic carbocycles. The highest BCUT2D eigenvalue weighted by molar-refractivity contribution is 7.17. The molecule has 0 unspecified atom stereocenters. The van der Waals surface area contributed by atoms with Crippen LogP contribution in [-0.2, 0) is 9.47 Å². The molecule has 1 aromatic rings. The van der Waals surface area contributed by atoms with Crippen LogP contribution in [0.4, 0.5) is 5.13 Å². The number of methoxy groups -OCH3 is 1. The molecule has 0 radical (unpaired) electrons. The summed E-state index contributed by atoms with van der Waals surface area (Å²) in [6.07, 6.45) is 0. The van der Waals surface area contributed by atoms with Crippen molar-refractivity contribution in [2.75, 3.05) is 31.8 Å². The smallest absolute Gasteiger partial charge is 0.358 e. The molecule has 0 N–H and O–H groups in total. The number of nitrogens with zero attached hydrogens (tertiary/aromatic N) is 2. The second kappa shape index (κ2) is 5.49. The molecule has 0 amide bonds. The standard InChI is InChI=1S/C13H18N2O4S/c1-8(16)10-9(11(17)18-4)14-12(20-10)15-5-6-19-7-13(15,2)3/h5-7H2,1-4H3. The number of hydrogen-bond donors (Lipinski definition) is 0. The Morgan fingerprint density at radius 1 is 1.45 bits per heavy atom. The maximum atomic E-state index is 11.7. The van der Waals surface area contributed by atoms with E-state index >= 15 is 0 Å². The molecule has 6 nitrogen and oxygen atoms in total. The predicted molar refractivity (Wildman–Crippen MR) is 75.7 cm³/mol. The van der Waals surface area contributed by atoms with Crippen LogP contribution in [0, 0.1) is 0 Å². The fraction of sp³-hybridized carbons (Fsp3) is 0.615. The zero-order valence-corrected chi connectivity index (χ0v) is 12.9. The van der Waals surface area contributed by atoms with Crippen LogP contribution in [0.1, 0.15) is 40.9 Å². The molecule has 0 spiro atoms. The molecule has 1 fully saturated rings. The number of esters is 1. The van der Waals surface area contributed by atoms with E-state index in [2.05, 4.69) is 14.6 Å². The zero-order valence-electron chi connectivity index (χ0n) is 12.1. The van der Waals surface area contributed by atoms with Crippen LogP contribution in [-0.4, -0.2) is 49.1 Å². The Labute approximate surface area is 121 Å². The van der Waals surface area contributed by atoms with Gasteiger partial charge in [0.15, 0.2) is 16.6 Å². The molecule has 1 aliphatic rings. The van der Waals surface area contributed by atoms with Crippen molar-refractivity contribution in [2.24, 2.45) is 0 Å². The highest BCUT2D eigenvalue weighted by atomic mass is 32.1. The zero-order chi connectivity index (χ0) is 14.9. The number of hydrogen-bond acceptors (Lipinski definition) is 7. The van der Waals surface area contributed by atoms with Gasteiger partial charge in [0.1, 0.15) is 4.88 Å². The lowest BCUT2D eigenvalue weighted by molar-refractivity contribution is 0.0589. The van der Waals surface area contributed by atoms with Crippen molar-refractivity contribution in [1.82, 2.24) is 4.98 Å². The minimum atomic E-state index is -0.580. The van der Waals surface area contributed by atoms with E-state index in [0.717, 1.165) is 0 Å². The van der Waals surface area contributed by atoms with Crippen LogP contribution in [0.3, 0.4) is 0 Å². The van der Waals surface area contributed by atoms with Gasteiger partial charge in [-0.15, -0.1) is 0 Å². The summed E-state index contributed by atoms with van der Waals surface area (Å²) in [6, 6.07) is 0. The van der Waals surface area contributed by atoms with E-state index in [-0.39, 0.29) is 17.0 Å². The Kier molecular flexibility index (Phi) is 4.10. The molecule has 2 heterocycles. The first-order chi connectivity index (χ1) is 9.36. The van der Waals surface area contributed by atoms with Crippen LogP contribution < -0.4 is 4.90 Å². The van der Waals surface area contributed by atoms with E-state index in [1.54, 1.807) is 0 Å². The highest BCUT2D eigenvalue weighted by Crippen LogP contribution is 2.33. The quantitative estimate of drug-likeness (QED) is 0.625. The summed E-state index contributed by atoms with van der Waals surface area (Å²) >= 11 is 1.23. The SMILES string of the molecule is COC(=O)c1nc(N2CCOCC2(C)C)sc1C(C)=O. The molecule has 1 aromatic heterocycles. The van der Waals surface area contributed by atoms with Crippen LogP contribution in [0.25, 0.3) is 0 Å². The molecule has 110 valence electrons. The van der Waals surface area contributed by atoms with Crippen LogP contribution in [0.15, 0.2) is 0 Å². The first-order valence-electron chi connectivity index (χ1n) is 6.32. The van der Waals surface area contributed by atoms with E-state index in [1.165, 1.54) is 25.4 Å². The number of thiazole rings is 1. The molecule has 0 bridgehead atoms. The average molecular weight is 298 g/mol. The van der Waals surface area contributed by atoms with Gasteiger partial charge in [0.25, 0.3) is 0 Å². The maximum absolute atomic E-state index is 11.7. The third-order valence-corrected chi connectivity index (χ3v) is 4.37. The van der Waals surface area contributed by atoms with Crippen molar-refractivity contribution < 1.29 is 19.1 Å². The van der Waals surface area contributed by atoms with Crippen molar-refractivity contribution in [3.63, 3.8) is 0 Å². The Bertz CT molecular complexity index is 538. The summed E-state index contributed by atoms with van der Waals surface area (Å²) in [5.41, 5.74) is -0.125. The molecule has 2 rings (SSSR count). The van der Waals surface area contributed by atoms with Gasteiger partial charge < -0.3 is 14.4 Å². The number of Topliss-reactive ketones (excluding diaryl/α,β-unsaturated/α-hetero) is 1. The minimum absolute atomic E-state index is 0.0993. The third kappa shape index (κ3) is 2.69. The van der Waals surface area contributed by atoms with E-state index in [4.69, 9.17) is 4.74 Å². The van der Waals surface area contributed by atoms with Crippen molar-refractivity contribution >= 4 is 28.2 Å². The lowest BCUT2D eigenvalue weighted by Gasteiger charge is -2.41. The highest BCUT2D eigenvalue weighted by Gasteiger charge is 2.34. The number of ether oxygens (including phenoxy) is 2. The molecule has 1 aliphatic heterocycles. The van der Waals surface area contributed by atoms with Gasteiger partial charge in [-0.05, 0) is 13.8 Å². The Morgan fingerprint density at radius 2 is 2.15 bits per heavy atom. The van der Waals surface area contributed by atoms with Crippen molar-refractivity contribution in [3.05, 3.63) is 10.6 Å². The van der Waals surface area contributed by atoms with Gasteiger partial charge in [-0.1, -0.05) is 11.3 Å². The summed E-state index contributed by atoms with van der Waals surface area (Å²) in [5, 5.41) is 0.656. The summed E-state index contributed by atoms with van der Waals surface area (Å²) < 4.78 is 10.2. The summed E-state index contributed by atoms with van der Waals surface area (Å²) in [4.78, 5) is 30.1. The predicted octanol–water partition coefficient (Wildman–Crippen LogP) is 1.75. The number of aromatic nitrogens is 1. The monoisotopic (exact) mass is 298 g/mol. The molecule has 0 aliphatic carbocycles. The average Bonchev–Trinajstić information content (AvgIpc) is 2.82. The van der Waals surface area contributed by atoms with E-state index in [0.29, 0.717) is 29.8 Å². The van der Waals surface area contributed by atoms with E-state index in [1.807, 2.05) is 13.8 Å². The van der Waals surface area contributed by atoms with Crippen molar-refractivity contribution in [1.29, 1.82) is 0 Å². The second-order valence-electron chi connectivity index (χ2n) is 5.24. The molecule has 0 saturated carbocycles. The van der Waals surface area contributed by atoms with Gasteiger partial charge in [-0.2, -0.15) is 0 Å². The molecule has 1 saturated heterocycles. The van der Waals surface area contributed by atoms with Gasteiger partial charge in [-0.3, -0.25) is 4.79 Å². The van der Waals surface area contributed by atoms with Gasteiger partial charge >= 0.3 is 5.97 Å². The number of carbonyl (C=O) groups excluding carboxylic acids is 2. The Morgan fingerprint density at radius 3 is 2.70 bits per heavy atom. The molecular formula is C13H18N2O4S. The molecule has 0 atom stereocenters. The fourth-order valence-electron chi connectivity index (χ4n) is 2.11.